The van der Waals surface area contributed by atoms with Crippen molar-refractivity contribution in [3.05, 3.63) is 30.1 Å². The third-order valence-electron chi connectivity index (χ3n) is 2.18. The Hall–Kier alpha value is -1.91. The maximum Gasteiger partial charge on any atom is 0.236 e. The fourth-order valence-electron chi connectivity index (χ4n) is 1.15. The number of hydrogen-bond donors (Lipinski definition) is 1. The Morgan fingerprint density at radius 3 is 2.38 bits per heavy atom. The minimum absolute atomic E-state index is 0.218. The second-order valence-electron chi connectivity index (χ2n) is 3.28. The molecule has 0 radical (unpaired) electrons. The summed E-state index contributed by atoms with van der Waals surface area (Å²) < 4.78 is 12.6. The van der Waals surface area contributed by atoms with E-state index in [0.717, 1.165) is 0 Å². The molecule has 0 saturated heterocycles. The van der Waals surface area contributed by atoms with Gasteiger partial charge in [0, 0.05) is 19.8 Å². The number of anilines is 1. The van der Waals surface area contributed by atoms with Crippen LogP contribution < -0.4 is 10.2 Å². The average Bonchev–Trinajstić information content (AvgIpc) is 2.28. The summed E-state index contributed by atoms with van der Waals surface area (Å²) in [6.07, 6.45) is -0.218. The molecule has 2 amide bonds. The molecule has 0 aliphatic carbocycles. The van der Waals surface area contributed by atoms with E-state index in [9.17, 15) is 14.0 Å². The third kappa shape index (κ3) is 3.05. The number of nitrogens with one attached hydrogen (secondary N) is 1. The van der Waals surface area contributed by atoms with Crippen LogP contribution in [0.3, 0.4) is 0 Å². The first-order valence-electron chi connectivity index (χ1n) is 4.77. The van der Waals surface area contributed by atoms with Gasteiger partial charge in [0.25, 0.3) is 0 Å². The third-order valence-corrected chi connectivity index (χ3v) is 2.18. The smallest absolute Gasteiger partial charge is 0.236 e. The van der Waals surface area contributed by atoms with Crippen LogP contribution in [0.4, 0.5) is 10.1 Å². The predicted octanol–water partition coefficient (Wildman–Crippen LogP) is 0.925. The van der Waals surface area contributed by atoms with E-state index in [1.54, 1.807) is 7.05 Å². The van der Waals surface area contributed by atoms with Crippen LogP contribution in [-0.4, -0.2) is 25.9 Å². The number of nitrogens with zero attached hydrogens (tertiary/aromatic N) is 1. The first-order chi connectivity index (χ1) is 7.54. The highest BCUT2D eigenvalue weighted by molar-refractivity contribution is 6.04. The lowest BCUT2D eigenvalue weighted by molar-refractivity contribution is -0.127. The van der Waals surface area contributed by atoms with E-state index >= 15 is 0 Å². The molecule has 86 valence electrons. The van der Waals surface area contributed by atoms with Crippen LogP contribution in [0.2, 0.25) is 0 Å². The molecule has 0 saturated carbocycles. The van der Waals surface area contributed by atoms with E-state index in [1.807, 2.05) is 0 Å². The molecule has 0 fully saturated rings. The molecule has 4 nitrogen and oxygen atoms in total. The van der Waals surface area contributed by atoms with Gasteiger partial charge in [0.1, 0.15) is 12.2 Å². The van der Waals surface area contributed by atoms with Gasteiger partial charge in [-0.2, -0.15) is 0 Å². The van der Waals surface area contributed by atoms with Crippen molar-refractivity contribution < 1.29 is 14.0 Å². The van der Waals surface area contributed by atoms with Gasteiger partial charge in [-0.3, -0.25) is 9.59 Å². The molecule has 0 aliphatic rings. The molecule has 5 heteroatoms. The van der Waals surface area contributed by atoms with E-state index in [-0.39, 0.29) is 24.1 Å². The van der Waals surface area contributed by atoms with Crippen LogP contribution in [0.25, 0.3) is 0 Å². The second-order valence-corrected chi connectivity index (χ2v) is 3.28. The van der Waals surface area contributed by atoms with Gasteiger partial charge in [0.05, 0.1) is 0 Å². The van der Waals surface area contributed by atoms with Crippen molar-refractivity contribution in [2.75, 3.05) is 19.0 Å². The molecule has 0 aromatic heterocycles. The van der Waals surface area contributed by atoms with E-state index < -0.39 is 0 Å². The Morgan fingerprint density at radius 2 is 1.88 bits per heavy atom. The quantitative estimate of drug-likeness (QED) is 0.776. The number of benzene rings is 1. The highest BCUT2D eigenvalue weighted by Gasteiger charge is 2.14. The number of rotatable bonds is 3. The van der Waals surface area contributed by atoms with Crippen LogP contribution in [0.5, 0.6) is 0 Å². The zero-order valence-electron chi connectivity index (χ0n) is 9.16. The average molecular weight is 224 g/mol. The highest BCUT2D eigenvalue weighted by atomic mass is 19.1. The summed E-state index contributed by atoms with van der Waals surface area (Å²) in [6.45, 7) is 0. The Kier molecular flexibility index (Phi) is 3.99. The fraction of sp³-hybridized carbons (Fsp3) is 0.273. The van der Waals surface area contributed by atoms with Crippen molar-refractivity contribution in [1.82, 2.24) is 5.32 Å². The summed E-state index contributed by atoms with van der Waals surface area (Å²) in [7, 11) is 3.01. The number of carbonyl (C=O) groups is 2. The van der Waals surface area contributed by atoms with Crippen molar-refractivity contribution in [2.24, 2.45) is 0 Å². The minimum Gasteiger partial charge on any atom is -0.359 e. The maximum atomic E-state index is 12.6. The van der Waals surface area contributed by atoms with E-state index in [0.29, 0.717) is 5.69 Å². The molecule has 0 bridgehead atoms. The van der Waals surface area contributed by atoms with Crippen LogP contribution in [0, 0.1) is 5.82 Å². The van der Waals surface area contributed by atoms with Gasteiger partial charge in [-0.25, -0.2) is 4.39 Å². The van der Waals surface area contributed by atoms with Gasteiger partial charge in [-0.15, -0.1) is 0 Å². The lowest BCUT2D eigenvalue weighted by Crippen LogP contribution is -2.31. The van der Waals surface area contributed by atoms with E-state index in [1.165, 1.54) is 36.2 Å². The first-order valence-corrected chi connectivity index (χ1v) is 4.77. The molecule has 1 rings (SSSR count). The monoisotopic (exact) mass is 224 g/mol. The molecule has 0 unspecified atom stereocenters. The summed E-state index contributed by atoms with van der Waals surface area (Å²) >= 11 is 0. The molecular formula is C11H13FN2O2. The lowest BCUT2D eigenvalue weighted by atomic mass is 10.2. The molecule has 1 N–H and O–H groups in total. The second kappa shape index (κ2) is 5.25. The van der Waals surface area contributed by atoms with Crippen molar-refractivity contribution in [3.8, 4) is 0 Å². The van der Waals surface area contributed by atoms with Crippen LogP contribution in [-0.2, 0) is 9.59 Å². The normalized spacial score (nSPS) is 9.69. The summed E-state index contributed by atoms with van der Waals surface area (Å²) in [5, 5.41) is 2.36. The fourth-order valence-corrected chi connectivity index (χ4v) is 1.15. The maximum absolute atomic E-state index is 12.6. The van der Waals surface area contributed by atoms with Gasteiger partial charge in [0.15, 0.2) is 0 Å². The van der Waals surface area contributed by atoms with Crippen molar-refractivity contribution >= 4 is 17.5 Å². The number of halogens is 1. The molecular weight excluding hydrogens is 211 g/mol. The zero-order valence-corrected chi connectivity index (χ0v) is 9.16. The lowest BCUT2D eigenvalue weighted by Gasteiger charge is -2.16. The van der Waals surface area contributed by atoms with E-state index in [2.05, 4.69) is 5.32 Å². The summed E-state index contributed by atoms with van der Waals surface area (Å²) in [6, 6.07) is 5.49. The van der Waals surface area contributed by atoms with Gasteiger partial charge >= 0.3 is 0 Å². The highest BCUT2D eigenvalue weighted by Crippen LogP contribution is 2.13. The molecule has 0 aliphatic heterocycles. The zero-order chi connectivity index (χ0) is 12.1. The largest absolute Gasteiger partial charge is 0.359 e. The van der Waals surface area contributed by atoms with Gasteiger partial charge in [0.2, 0.25) is 11.8 Å². The molecule has 0 spiro atoms. The molecule has 16 heavy (non-hydrogen) atoms. The van der Waals surface area contributed by atoms with Crippen molar-refractivity contribution in [1.29, 1.82) is 0 Å². The molecule has 0 atom stereocenters. The topological polar surface area (TPSA) is 49.4 Å². The van der Waals surface area contributed by atoms with Crippen LogP contribution in [0.15, 0.2) is 24.3 Å². The minimum atomic E-state index is -0.365. The van der Waals surface area contributed by atoms with E-state index in [4.69, 9.17) is 0 Å². The molecule has 0 heterocycles. The van der Waals surface area contributed by atoms with Crippen molar-refractivity contribution in [3.63, 3.8) is 0 Å². The van der Waals surface area contributed by atoms with Gasteiger partial charge in [-0.05, 0) is 24.3 Å². The first kappa shape index (κ1) is 12.2. The predicted molar refractivity (Wildman–Crippen MR) is 58.5 cm³/mol. The van der Waals surface area contributed by atoms with Crippen LogP contribution in [0.1, 0.15) is 6.42 Å². The van der Waals surface area contributed by atoms with Gasteiger partial charge in [-0.1, -0.05) is 0 Å². The van der Waals surface area contributed by atoms with Gasteiger partial charge < -0.3 is 10.2 Å². The molecule has 1 aromatic carbocycles. The summed E-state index contributed by atoms with van der Waals surface area (Å²) in [5.41, 5.74) is 0.551. The number of amides is 2. The van der Waals surface area contributed by atoms with Crippen LogP contribution >= 0.6 is 0 Å². The standard InChI is InChI=1S/C11H13FN2O2/c1-13-10(15)7-11(16)14(2)9-5-3-8(12)4-6-9/h3-6H,7H2,1-2H3,(H,13,15). The Morgan fingerprint density at radius 1 is 1.31 bits per heavy atom. The summed E-state index contributed by atoms with van der Waals surface area (Å²) in [4.78, 5) is 23.9. The SMILES string of the molecule is CNC(=O)CC(=O)N(C)c1ccc(F)cc1. The Labute approximate surface area is 93.1 Å². The number of carbonyl (C=O) groups excluding carboxylic acids is 2. The summed E-state index contributed by atoms with van der Waals surface area (Å²) in [5.74, 6) is -1.05. The Balaban J connectivity index is 2.70. The van der Waals surface area contributed by atoms with Crippen molar-refractivity contribution in [2.45, 2.75) is 6.42 Å². The number of hydrogen-bond acceptors (Lipinski definition) is 2. The molecule has 1 aromatic rings. The Bertz CT molecular complexity index is 389.